The average Bonchev–Trinajstić information content (AvgIpc) is 2.85. The molecular weight excluding hydrogens is 456 g/mol. The van der Waals surface area contributed by atoms with E-state index >= 15 is 0 Å². The van der Waals surface area contributed by atoms with Gasteiger partial charge in [-0.1, -0.05) is 42.0 Å². The summed E-state index contributed by atoms with van der Waals surface area (Å²) < 4.78 is 0. The third kappa shape index (κ3) is 4.98. The van der Waals surface area contributed by atoms with Crippen LogP contribution in [0, 0.1) is 30.1 Å². The van der Waals surface area contributed by atoms with Gasteiger partial charge >= 0.3 is 0 Å². The molecular formula is C32H40N4O. The number of hydrogen-bond donors (Lipinski definition) is 3. The number of nitrogens with one attached hydrogen (secondary N) is 2. The van der Waals surface area contributed by atoms with Crippen LogP contribution in [0.1, 0.15) is 67.6 Å². The minimum atomic E-state index is -0.218. The number of fused-ring (bicyclic) bond motifs is 1. The standard InChI is InChI=1S/C32H40N4O/c1-21-5-2-6-22(13-21)20-34-11-4-12-35-29-10-9-26-27(7-3-8-28(26)36-29)30(31(33)37)32-17-23-14-24(18-32)16-25(15-23)19-32/h2-3,5-10,13,23-25,30,34H,4,11-12,14-20H2,1H3,(H2,33,37)(H,35,36). The molecule has 4 bridgehead atoms. The maximum Gasteiger partial charge on any atom is 0.225 e. The van der Waals surface area contributed by atoms with Crippen molar-refractivity contribution in [1.29, 1.82) is 0 Å². The number of nitrogens with zero attached hydrogens (tertiary/aromatic N) is 1. The molecule has 37 heavy (non-hydrogen) atoms. The lowest BCUT2D eigenvalue weighted by Gasteiger charge is -2.59. The number of carbonyl (C=O) groups excluding carboxylic acids is 1. The third-order valence-corrected chi connectivity index (χ3v) is 9.31. The fraction of sp³-hybridized carbons (Fsp3) is 0.500. The van der Waals surface area contributed by atoms with Crippen molar-refractivity contribution in [2.75, 3.05) is 18.4 Å². The van der Waals surface area contributed by atoms with Crippen LogP contribution in [0.3, 0.4) is 0 Å². The molecule has 1 unspecified atom stereocenters. The number of pyridine rings is 1. The van der Waals surface area contributed by atoms with Crippen LogP contribution in [-0.2, 0) is 11.3 Å². The molecule has 0 radical (unpaired) electrons. The van der Waals surface area contributed by atoms with Crippen molar-refractivity contribution in [1.82, 2.24) is 10.3 Å². The molecule has 4 fully saturated rings. The first-order valence-corrected chi connectivity index (χ1v) is 14.2. The molecule has 4 saturated carbocycles. The van der Waals surface area contributed by atoms with E-state index in [2.05, 4.69) is 72.2 Å². The largest absolute Gasteiger partial charge is 0.370 e. The van der Waals surface area contributed by atoms with E-state index in [4.69, 9.17) is 10.7 Å². The molecule has 4 aliphatic carbocycles. The van der Waals surface area contributed by atoms with Crippen LogP contribution in [0.4, 0.5) is 5.82 Å². The maximum atomic E-state index is 13.0. The lowest BCUT2D eigenvalue weighted by Crippen LogP contribution is -2.51. The van der Waals surface area contributed by atoms with Gasteiger partial charge in [-0.15, -0.1) is 0 Å². The quantitative estimate of drug-likeness (QED) is 0.304. The average molecular weight is 497 g/mol. The van der Waals surface area contributed by atoms with Crippen LogP contribution >= 0.6 is 0 Å². The predicted octanol–water partition coefficient (Wildman–Crippen LogP) is 5.92. The van der Waals surface area contributed by atoms with Crippen molar-refractivity contribution in [3.8, 4) is 0 Å². The fourth-order valence-corrected chi connectivity index (χ4v) is 8.33. The molecule has 4 N–H and O–H groups in total. The summed E-state index contributed by atoms with van der Waals surface area (Å²) in [6.45, 7) is 4.83. The highest BCUT2D eigenvalue weighted by Crippen LogP contribution is 2.64. The molecule has 1 amide bonds. The lowest BCUT2D eigenvalue weighted by molar-refractivity contribution is -0.130. The third-order valence-electron chi connectivity index (χ3n) is 9.31. The highest BCUT2D eigenvalue weighted by Gasteiger charge is 2.56. The maximum absolute atomic E-state index is 13.0. The molecule has 0 saturated heterocycles. The minimum Gasteiger partial charge on any atom is -0.370 e. The Morgan fingerprint density at radius 2 is 1.73 bits per heavy atom. The number of amides is 1. The topological polar surface area (TPSA) is 80.0 Å². The summed E-state index contributed by atoms with van der Waals surface area (Å²) in [5.41, 5.74) is 10.9. The zero-order valence-corrected chi connectivity index (χ0v) is 22.0. The second-order valence-electron chi connectivity index (χ2n) is 12.2. The molecule has 5 heteroatoms. The smallest absolute Gasteiger partial charge is 0.225 e. The van der Waals surface area contributed by atoms with Crippen molar-refractivity contribution in [3.05, 3.63) is 71.3 Å². The van der Waals surface area contributed by atoms with E-state index in [1.165, 1.54) is 30.4 Å². The number of anilines is 1. The highest BCUT2D eigenvalue weighted by molar-refractivity contribution is 5.92. The highest BCUT2D eigenvalue weighted by atomic mass is 16.1. The van der Waals surface area contributed by atoms with E-state index in [0.29, 0.717) is 0 Å². The molecule has 1 aromatic heterocycles. The number of aryl methyl sites for hydroxylation is 1. The van der Waals surface area contributed by atoms with Gasteiger partial charge in [-0.25, -0.2) is 4.98 Å². The number of nitrogens with two attached hydrogens (primary N) is 1. The monoisotopic (exact) mass is 496 g/mol. The first kappa shape index (κ1) is 24.4. The molecule has 194 valence electrons. The number of primary amides is 1. The minimum absolute atomic E-state index is 0.0389. The van der Waals surface area contributed by atoms with Crippen LogP contribution in [0.2, 0.25) is 0 Å². The summed E-state index contributed by atoms with van der Waals surface area (Å²) in [6, 6.07) is 19.1. The van der Waals surface area contributed by atoms with Gasteiger partial charge in [0.2, 0.25) is 5.91 Å². The van der Waals surface area contributed by atoms with E-state index in [0.717, 1.165) is 85.4 Å². The summed E-state index contributed by atoms with van der Waals surface area (Å²) in [4.78, 5) is 18.0. The van der Waals surface area contributed by atoms with Gasteiger partial charge in [0, 0.05) is 18.5 Å². The SMILES string of the molecule is Cc1cccc(CNCCCNc2ccc3c(C(C(N)=O)C45CC6CC(CC(C6)C4)C5)cccc3n2)c1. The van der Waals surface area contributed by atoms with Crippen LogP contribution in [0.25, 0.3) is 10.9 Å². The van der Waals surface area contributed by atoms with Gasteiger partial charge in [-0.2, -0.15) is 0 Å². The zero-order valence-electron chi connectivity index (χ0n) is 22.0. The fourth-order valence-electron chi connectivity index (χ4n) is 8.33. The Kier molecular flexibility index (Phi) is 6.66. The second-order valence-corrected chi connectivity index (χ2v) is 12.2. The van der Waals surface area contributed by atoms with E-state index < -0.39 is 0 Å². The van der Waals surface area contributed by atoms with Gasteiger partial charge in [0.05, 0.1) is 11.4 Å². The summed E-state index contributed by atoms with van der Waals surface area (Å²) >= 11 is 0. The molecule has 2 aromatic carbocycles. The number of hydrogen-bond acceptors (Lipinski definition) is 4. The Hall–Kier alpha value is -2.92. The number of benzene rings is 2. The van der Waals surface area contributed by atoms with Crippen LogP contribution in [0.15, 0.2) is 54.6 Å². The Balaban J connectivity index is 1.12. The summed E-state index contributed by atoms with van der Waals surface area (Å²) in [5, 5.41) is 8.08. The second kappa shape index (κ2) is 10.1. The number of rotatable bonds is 10. The molecule has 0 aliphatic heterocycles. The Bertz CT molecular complexity index is 1250. The summed E-state index contributed by atoms with van der Waals surface area (Å²) in [7, 11) is 0. The molecule has 4 aliphatic rings. The van der Waals surface area contributed by atoms with Crippen LogP contribution in [-0.4, -0.2) is 24.0 Å². The van der Waals surface area contributed by atoms with E-state index in [1.807, 2.05) is 0 Å². The molecule has 3 aromatic rings. The van der Waals surface area contributed by atoms with Crippen molar-refractivity contribution >= 4 is 22.6 Å². The van der Waals surface area contributed by atoms with Crippen molar-refractivity contribution in [3.63, 3.8) is 0 Å². The van der Waals surface area contributed by atoms with Crippen LogP contribution in [0.5, 0.6) is 0 Å². The Labute approximate surface area is 220 Å². The van der Waals surface area contributed by atoms with Gasteiger partial charge in [0.1, 0.15) is 5.82 Å². The van der Waals surface area contributed by atoms with Gasteiger partial charge in [0.15, 0.2) is 0 Å². The lowest BCUT2D eigenvalue weighted by atomic mass is 9.45. The normalized spacial score (nSPS) is 26.9. The van der Waals surface area contributed by atoms with Crippen molar-refractivity contribution in [2.24, 2.45) is 28.9 Å². The van der Waals surface area contributed by atoms with Gasteiger partial charge < -0.3 is 16.4 Å². The van der Waals surface area contributed by atoms with Gasteiger partial charge in [-0.05, 0) is 111 Å². The number of aromatic nitrogens is 1. The van der Waals surface area contributed by atoms with Crippen molar-refractivity contribution < 1.29 is 4.79 Å². The molecule has 1 heterocycles. The molecule has 5 nitrogen and oxygen atoms in total. The van der Waals surface area contributed by atoms with E-state index in [-0.39, 0.29) is 17.2 Å². The van der Waals surface area contributed by atoms with Crippen molar-refractivity contribution in [2.45, 2.75) is 64.3 Å². The zero-order chi connectivity index (χ0) is 25.4. The van der Waals surface area contributed by atoms with Gasteiger partial charge in [-0.3, -0.25) is 4.79 Å². The molecule has 1 atom stereocenters. The summed E-state index contributed by atoms with van der Waals surface area (Å²) in [6.07, 6.45) is 8.58. The molecule has 7 rings (SSSR count). The Morgan fingerprint density at radius 3 is 2.43 bits per heavy atom. The molecule has 0 spiro atoms. The number of carbonyl (C=O) groups is 1. The van der Waals surface area contributed by atoms with Gasteiger partial charge in [0.25, 0.3) is 0 Å². The first-order valence-electron chi connectivity index (χ1n) is 14.2. The van der Waals surface area contributed by atoms with Crippen LogP contribution < -0.4 is 16.4 Å². The van der Waals surface area contributed by atoms with E-state index in [1.54, 1.807) is 0 Å². The van der Waals surface area contributed by atoms with E-state index in [9.17, 15) is 4.79 Å². The first-order chi connectivity index (χ1) is 18.0. The summed E-state index contributed by atoms with van der Waals surface area (Å²) in [5.74, 6) is 2.85. The Morgan fingerprint density at radius 1 is 1.00 bits per heavy atom. The predicted molar refractivity (Wildman–Crippen MR) is 150 cm³/mol.